The number of nitrogens with one attached hydrogen (secondary N) is 1. The molecule has 2 rings (SSSR count). The van der Waals surface area contributed by atoms with Gasteiger partial charge < -0.3 is 14.6 Å². The van der Waals surface area contributed by atoms with Gasteiger partial charge in [-0.15, -0.1) is 0 Å². The number of nitrogens with zero attached hydrogens (tertiary/aromatic N) is 2. The zero-order chi connectivity index (χ0) is 10.9. The molecule has 0 aliphatic carbocycles. The minimum atomic E-state index is -0.361. The van der Waals surface area contributed by atoms with Gasteiger partial charge in [0.2, 0.25) is 5.82 Å². The largest absolute Gasteiger partial charge is 0.367 e. The van der Waals surface area contributed by atoms with Crippen molar-refractivity contribution in [2.75, 3.05) is 11.9 Å². The first-order chi connectivity index (χ1) is 7.10. The average molecular weight is 211 g/mol. The first kappa shape index (κ1) is 10.4. The lowest BCUT2D eigenvalue weighted by molar-refractivity contribution is 0.00768. The van der Waals surface area contributed by atoms with Gasteiger partial charge in [-0.05, 0) is 33.6 Å². The molecule has 1 aromatic rings. The molecule has 0 spiro atoms. The molecule has 1 N–H and O–H groups in total. The van der Waals surface area contributed by atoms with Crippen LogP contribution in [0.5, 0.6) is 0 Å². The van der Waals surface area contributed by atoms with E-state index in [0.29, 0.717) is 11.8 Å². The van der Waals surface area contributed by atoms with Crippen molar-refractivity contribution >= 4 is 6.01 Å². The third-order valence-electron chi connectivity index (χ3n) is 2.53. The van der Waals surface area contributed by atoms with E-state index >= 15 is 0 Å². The van der Waals surface area contributed by atoms with Crippen molar-refractivity contribution in [2.45, 2.75) is 45.3 Å². The maximum absolute atomic E-state index is 5.63. The molecule has 0 aromatic carbocycles. The van der Waals surface area contributed by atoms with Crippen molar-refractivity contribution in [1.82, 2.24) is 10.1 Å². The van der Waals surface area contributed by atoms with E-state index in [1.54, 1.807) is 0 Å². The lowest BCUT2D eigenvalue weighted by Gasteiger charge is -2.17. The van der Waals surface area contributed by atoms with Gasteiger partial charge >= 0.3 is 6.01 Å². The van der Waals surface area contributed by atoms with Gasteiger partial charge in [-0.3, -0.25) is 0 Å². The Morgan fingerprint density at radius 1 is 1.47 bits per heavy atom. The second kappa shape index (κ2) is 3.81. The number of rotatable bonds is 3. The Hall–Kier alpha value is -1.10. The normalized spacial score (nSPS) is 26.1. The molecular formula is C10H17N3O2. The highest BCUT2D eigenvalue weighted by Gasteiger charge is 2.36. The van der Waals surface area contributed by atoms with Crippen LogP contribution >= 0.6 is 0 Å². The van der Waals surface area contributed by atoms with Gasteiger partial charge in [0.25, 0.3) is 0 Å². The number of anilines is 1. The fourth-order valence-corrected chi connectivity index (χ4v) is 1.70. The molecule has 1 saturated heterocycles. The van der Waals surface area contributed by atoms with Crippen molar-refractivity contribution in [2.24, 2.45) is 0 Å². The second-order valence-electron chi connectivity index (χ2n) is 4.41. The van der Waals surface area contributed by atoms with Crippen LogP contribution in [-0.4, -0.2) is 22.8 Å². The van der Waals surface area contributed by atoms with Crippen molar-refractivity contribution in [3.63, 3.8) is 0 Å². The highest BCUT2D eigenvalue weighted by atomic mass is 16.5. The van der Waals surface area contributed by atoms with Crippen molar-refractivity contribution < 1.29 is 9.26 Å². The third kappa shape index (κ3) is 2.12. The molecule has 84 valence electrons. The molecule has 0 radical (unpaired) electrons. The molecule has 5 heteroatoms. The molecule has 1 atom stereocenters. The summed E-state index contributed by atoms with van der Waals surface area (Å²) in [5.41, 5.74) is -0.361. The van der Waals surface area contributed by atoms with Crippen LogP contribution in [0.3, 0.4) is 0 Å². The fourth-order valence-electron chi connectivity index (χ4n) is 1.70. The summed E-state index contributed by atoms with van der Waals surface area (Å²) in [5, 5.41) is 7.02. The summed E-state index contributed by atoms with van der Waals surface area (Å²) in [7, 11) is 0. The molecule has 1 aliphatic heterocycles. The van der Waals surface area contributed by atoms with Crippen LogP contribution in [0.15, 0.2) is 4.52 Å². The molecule has 5 nitrogen and oxygen atoms in total. The van der Waals surface area contributed by atoms with Crippen LogP contribution in [0, 0.1) is 0 Å². The van der Waals surface area contributed by atoms with Crippen molar-refractivity contribution in [1.29, 1.82) is 0 Å². The van der Waals surface area contributed by atoms with Gasteiger partial charge in [0, 0.05) is 12.6 Å². The Kier molecular flexibility index (Phi) is 2.65. The molecule has 1 aliphatic rings. The Morgan fingerprint density at radius 2 is 2.27 bits per heavy atom. The van der Waals surface area contributed by atoms with Crippen LogP contribution in [0.1, 0.15) is 39.4 Å². The van der Waals surface area contributed by atoms with Crippen LogP contribution < -0.4 is 5.32 Å². The van der Waals surface area contributed by atoms with Gasteiger partial charge in [0.15, 0.2) is 0 Å². The summed E-state index contributed by atoms with van der Waals surface area (Å²) < 4.78 is 10.7. The number of hydrogen-bond acceptors (Lipinski definition) is 5. The Labute approximate surface area is 89.2 Å². The molecule has 1 aromatic heterocycles. The predicted molar refractivity (Wildman–Crippen MR) is 55.6 cm³/mol. The van der Waals surface area contributed by atoms with Crippen LogP contribution in [-0.2, 0) is 10.3 Å². The first-order valence-electron chi connectivity index (χ1n) is 5.35. The van der Waals surface area contributed by atoms with E-state index in [9.17, 15) is 0 Å². The highest BCUT2D eigenvalue weighted by molar-refractivity contribution is 5.21. The Morgan fingerprint density at radius 3 is 2.87 bits per heavy atom. The van der Waals surface area contributed by atoms with Gasteiger partial charge in [0.1, 0.15) is 5.60 Å². The third-order valence-corrected chi connectivity index (χ3v) is 2.53. The summed E-state index contributed by atoms with van der Waals surface area (Å²) in [4.78, 5) is 4.29. The monoisotopic (exact) mass is 211 g/mol. The maximum atomic E-state index is 5.63. The minimum absolute atomic E-state index is 0.288. The first-order valence-corrected chi connectivity index (χ1v) is 5.35. The van der Waals surface area contributed by atoms with E-state index in [1.165, 1.54) is 0 Å². The Balaban J connectivity index is 2.12. The average Bonchev–Trinajstić information content (AvgIpc) is 2.74. The zero-order valence-corrected chi connectivity index (χ0v) is 9.41. The van der Waals surface area contributed by atoms with E-state index in [4.69, 9.17) is 9.26 Å². The van der Waals surface area contributed by atoms with E-state index in [1.807, 2.05) is 20.8 Å². The molecule has 15 heavy (non-hydrogen) atoms. The van der Waals surface area contributed by atoms with E-state index in [-0.39, 0.29) is 11.6 Å². The van der Waals surface area contributed by atoms with Crippen LogP contribution in [0.25, 0.3) is 0 Å². The minimum Gasteiger partial charge on any atom is -0.367 e. The molecule has 0 saturated carbocycles. The van der Waals surface area contributed by atoms with E-state index in [0.717, 1.165) is 19.4 Å². The van der Waals surface area contributed by atoms with E-state index < -0.39 is 0 Å². The standard InChI is InChI=1S/C10H17N3O2/c1-7(2)11-9-12-8(13-15-9)10(3)5-4-6-14-10/h7H,4-6H2,1-3H3,(H,11,12,13). The molecule has 0 amide bonds. The topological polar surface area (TPSA) is 60.2 Å². The fraction of sp³-hybridized carbons (Fsp3) is 0.800. The summed E-state index contributed by atoms with van der Waals surface area (Å²) in [6.45, 7) is 6.83. The SMILES string of the molecule is CC(C)Nc1nc(C2(C)CCCO2)no1. The highest BCUT2D eigenvalue weighted by Crippen LogP contribution is 2.33. The molecule has 1 fully saturated rings. The molecular weight excluding hydrogens is 194 g/mol. The van der Waals surface area contributed by atoms with Gasteiger partial charge in [-0.25, -0.2) is 0 Å². The zero-order valence-electron chi connectivity index (χ0n) is 9.41. The number of hydrogen-bond donors (Lipinski definition) is 1. The smallest absolute Gasteiger partial charge is 0.321 e. The van der Waals surface area contributed by atoms with Gasteiger partial charge in [0.05, 0.1) is 0 Å². The van der Waals surface area contributed by atoms with Crippen LogP contribution in [0.4, 0.5) is 6.01 Å². The molecule has 1 unspecified atom stereocenters. The summed E-state index contributed by atoms with van der Waals surface area (Å²) in [5.74, 6) is 0.642. The number of ether oxygens (including phenoxy) is 1. The lowest BCUT2D eigenvalue weighted by atomic mass is 10.0. The Bertz CT molecular complexity index is 329. The summed E-state index contributed by atoms with van der Waals surface area (Å²) in [6, 6.07) is 0.757. The number of aromatic nitrogens is 2. The van der Waals surface area contributed by atoms with Crippen LogP contribution in [0.2, 0.25) is 0 Å². The molecule has 0 bridgehead atoms. The van der Waals surface area contributed by atoms with Gasteiger partial charge in [-0.2, -0.15) is 4.98 Å². The predicted octanol–water partition coefficient (Wildman–Crippen LogP) is 1.92. The quantitative estimate of drug-likeness (QED) is 0.827. The maximum Gasteiger partial charge on any atom is 0.321 e. The summed E-state index contributed by atoms with van der Waals surface area (Å²) >= 11 is 0. The van der Waals surface area contributed by atoms with Crippen molar-refractivity contribution in [3.05, 3.63) is 5.82 Å². The van der Waals surface area contributed by atoms with Crippen molar-refractivity contribution in [3.8, 4) is 0 Å². The lowest BCUT2D eigenvalue weighted by Crippen LogP contribution is -2.21. The molecule has 2 heterocycles. The summed E-state index contributed by atoms with van der Waals surface area (Å²) in [6.07, 6.45) is 2.01. The van der Waals surface area contributed by atoms with E-state index in [2.05, 4.69) is 15.5 Å². The van der Waals surface area contributed by atoms with Gasteiger partial charge in [-0.1, -0.05) is 5.16 Å². The second-order valence-corrected chi connectivity index (χ2v) is 4.41.